The van der Waals surface area contributed by atoms with E-state index in [1.54, 1.807) is 30.3 Å². The van der Waals surface area contributed by atoms with E-state index in [0.717, 1.165) is 11.4 Å². The molecule has 1 aliphatic heterocycles. The third-order valence-corrected chi connectivity index (χ3v) is 5.42. The Morgan fingerprint density at radius 2 is 1.83 bits per heavy atom. The highest BCUT2D eigenvalue weighted by Crippen LogP contribution is 2.40. The number of fused-ring (bicyclic) bond motifs is 2. The van der Waals surface area contributed by atoms with Crippen LogP contribution in [-0.2, 0) is 4.79 Å². The zero-order chi connectivity index (χ0) is 20.5. The Labute approximate surface area is 171 Å². The molecule has 8 nitrogen and oxygen atoms in total. The number of aromatic nitrogens is 2. The number of thiophene rings is 1. The van der Waals surface area contributed by atoms with Gasteiger partial charge in [0.1, 0.15) is 10.6 Å². The van der Waals surface area contributed by atoms with Crippen molar-refractivity contribution < 1.29 is 9.59 Å². The maximum Gasteiger partial charge on any atom is 0.270 e. The Hall–Kier alpha value is -3.72. The van der Waals surface area contributed by atoms with Crippen molar-refractivity contribution in [3.63, 3.8) is 0 Å². The van der Waals surface area contributed by atoms with Crippen molar-refractivity contribution >= 4 is 57.7 Å². The lowest BCUT2D eigenvalue weighted by atomic mass is 10.3. The Morgan fingerprint density at radius 3 is 2.55 bits per heavy atom. The fourth-order valence-electron chi connectivity index (χ4n) is 2.97. The molecular formula is C20H18N6O2S. The van der Waals surface area contributed by atoms with Gasteiger partial charge in [-0.3, -0.25) is 9.59 Å². The van der Waals surface area contributed by atoms with E-state index in [0.29, 0.717) is 28.0 Å². The molecule has 0 spiro atoms. The number of benzene rings is 1. The van der Waals surface area contributed by atoms with Crippen LogP contribution in [0.3, 0.4) is 0 Å². The predicted octanol–water partition coefficient (Wildman–Crippen LogP) is 3.76. The summed E-state index contributed by atoms with van der Waals surface area (Å²) in [6.07, 6.45) is 2.85. The van der Waals surface area contributed by atoms with Gasteiger partial charge in [0.05, 0.1) is 11.9 Å². The molecule has 0 bridgehead atoms. The second kappa shape index (κ2) is 7.36. The molecule has 0 fully saturated rings. The first-order valence-corrected chi connectivity index (χ1v) is 9.62. The average Bonchev–Trinajstić information content (AvgIpc) is 3.21. The zero-order valence-corrected chi connectivity index (χ0v) is 16.7. The lowest BCUT2D eigenvalue weighted by Crippen LogP contribution is -2.25. The summed E-state index contributed by atoms with van der Waals surface area (Å²) in [5, 5.41) is 7.74. The number of rotatable bonds is 4. The third-order valence-electron chi connectivity index (χ3n) is 4.53. The molecule has 1 aliphatic rings. The standard InChI is InChI=1S/C20H18N6O2S/c1-4-16(27)22-12-5-7-13(8-6-12)23-20-21-11-15-18(24-20)25(2)14-9-10-29-17(14)19(28)26(15)3/h4-11H,1H2,2-3H3,(H,22,27)(H,21,23,24). The highest BCUT2D eigenvalue weighted by atomic mass is 32.1. The monoisotopic (exact) mass is 406 g/mol. The van der Waals surface area contributed by atoms with Crippen LogP contribution in [0.4, 0.5) is 34.5 Å². The average molecular weight is 406 g/mol. The van der Waals surface area contributed by atoms with Crippen LogP contribution in [-0.4, -0.2) is 35.9 Å². The fraction of sp³-hybridized carbons (Fsp3) is 0.100. The molecular weight excluding hydrogens is 388 g/mol. The molecule has 29 heavy (non-hydrogen) atoms. The molecule has 3 aromatic rings. The lowest BCUT2D eigenvalue weighted by molar-refractivity contribution is -0.111. The Morgan fingerprint density at radius 1 is 1.10 bits per heavy atom. The van der Waals surface area contributed by atoms with Gasteiger partial charge in [0, 0.05) is 25.5 Å². The smallest absolute Gasteiger partial charge is 0.270 e. The number of carbonyl (C=O) groups excluding carboxylic acids is 2. The van der Waals surface area contributed by atoms with E-state index in [4.69, 9.17) is 0 Å². The largest absolute Gasteiger partial charge is 0.326 e. The van der Waals surface area contributed by atoms with E-state index >= 15 is 0 Å². The minimum absolute atomic E-state index is 0.0814. The number of nitrogens with one attached hydrogen (secondary N) is 2. The molecule has 2 amide bonds. The van der Waals surface area contributed by atoms with Crippen LogP contribution >= 0.6 is 11.3 Å². The van der Waals surface area contributed by atoms with Gasteiger partial charge >= 0.3 is 0 Å². The first-order chi connectivity index (χ1) is 14.0. The second-order valence-electron chi connectivity index (χ2n) is 6.36. The molecule has 0 saturated carbocycles. The van der Waals surface area contributed by atoms with E-state index in [1.165, 1.54) is 17.4 Å². The Bertz CT molecular complexity index is 1110. The number of anilines is 6. The highest BCUT2D eigenvalue weighted by molar-refractivity contribution is 7.12. The normalized spacial score (nSPS) is 12.7. The molecule has 9 heteroatoms. The van der Waals surface area contributed by atoms with Crippen molar-refractivity contribution in [1.82, 2.24) is 9.97 Å². The highest BCUT2D eigenvalue weighted by Gasteiger charge is 2.30. The molecule has 2 N–H and O–H groups in total. The number of carbonyl (C=O) groups is 2. The SMILES string of the molecule is C=CC(=O)Nc1ccc(Nc2ncc3c(n2)N(C)c2ccsc2C(=O)N3C)cc1. The quantitative estimate of drug-likeness (QED) is 0.641. The van der Waals surface area contributed by atoms with Gasteiger partial charge in [0.25, 0.3) is 5.91 Å². The van der Waals surface area contributed by atoms with Crippen LogP contribution in [0, 0.1) is 0 Å². The van der Waals surface area contributed by atoms with Gasteiger partial charge in [0.2, 0.25) is 11.9 Å². The first-order valence-electron chi connectivity index (χ1n) is 8.74. The second-order valence-corrected chi connectivity index (χ2v) is 7.27. The Kier molecular flexibility index (Phi) is 4.73. The summed E-state index contributed by atoms with van der Waals surface area (Å²) in [6, 6.07) is 9.06. The van der Waals surface area contributed by atoms with Gasteiger partial charge in [-0.2, -0.15) is 4.98 Å². The first kappa shape index (κ1) is 18.6. The molecule has 0 saturated heterocycles. The molecule has 146 valence electrons. The number of amides is 2. The molecule has 4 rings (SSSR count). The van der Waals surface area contributed by atoms with E-state index in [1.807, 2.05) is 35.5 Å². The molecule has 0 unspecified atom stereocenters. The molecule has 2 aromatic heterocycles. The third kappa shape index (κ3) is 3.43. The van der Waals surface area contributed by atoms with Crippen molar-refractivity contribution in [2.45, 2.75) is 0 Å². The maximum absolute atomic E-state index is 12.7. The molecule has 0 aliphatic carbocycles. The van der Waals surface area contributed by atoms with E-state index in [2.05, 4.69) is 27.2 Å². The summed E-state index contributed by atoms with van der Waals surface area (Å²) in [7, 11) is 3.60. The van der Waals surface area contributed by atoms with Crippen LogP contribution in [0.5, 0.6) is 0 Å². The summed E-state index contributed by atoms with van der Waals surface area (Å²) >= 11 is 1.41. The Balaban J connectivity index is 1.62. The molecule has 1 aromatic carbocycles. The number of nitrogens with zero attached hydrogens (tertiary/aromatic N) is 4. The number of hydrogen-bond donors (Lipinski definition) is 2. The molecule has 0 radical (unpaired) electrons. The van der Waals surface area contributed by atoms with E-state index in [-0.39, 0.29) is 11.8 Å². The summed E-state index contributed by atoms with van der Waals surface area (Å²) in [5.41, 5.74) is 2.87. The van der Waals surface area contributed by atoms with Gasteiger partial charge in [0.15, 0.2) is 5.82 Å². The van der Waals surface area contributed by atoms with Crippen LogP contribution in [0.1, 0.15) is 9.67 Å². The van der Waals surface area contributed by atoms with Crippen molar-refractivity contribution in [2.75, 3.05) is 34.5 Å². The van der Waals surface area contributed by atoms with Crippen LogP contribution in [0.15, 0.2) is 54.6 Å². The van der Waals surface area contributed by atoms with Crippen molar-refractivity contribution in [3.8, 4) is 0 Å². The van der Waals surface area contributed by atoms with Crippen molar-refractivity contribution in [2.24, 2.45) is 0 Å². The predicted molar refractivity (Wildman–Crippen MR) is 116 cm³/mol. The summed E-state index contributed by atoms with van der Waals surface area (Å²) in [6.45, 7) is 3.43. The summed E-state index contributed by atoms with van der Waals surface area (Å²) < 4.78 is 0. The van der Waals surface area contributed by atoms with Gasteiger partial charge < -0.3 is 20.4 Å². The summed E-state index contributed by atoms with van der Waals surface area (Å²) in [4.78, 5) is 37.2. The van der Waals surface area contributed by atoms with Gasteiger partial charge in [-0.1, -0.05) is 6.58 Å². The minimum Gasteiger partial charge on any atom is -0.326 e. The zero-order valence-electron chi connectivity index (χ0n) is 15.8. The van der Waals surface area contributed by atoms with E-state index < -0.39 is 0 Å². The molecule has 0 atom stereocenters. The van der Waals surface area contributed by atoms with Gasteiger partial charge in [-0.25, -0.2) is 4.98 Å². The maximum atomic E-state index is 12.7. The van der Waals surface area contributed by atoms with E-state index in [9.17, 15) is 9.59 Å². The van der Waals surface area contributed by atoms with Gasteiger partial charge in [-0.05, 0) is 41.8 Å². The van der Waals surface area contributed by atoms with Gasteiger partial charge in [-0.15, -0.1) is 11.3 Å². The van der Waals surface area contributed by atoms with Crippen molar-refractivity contribution in [3.05, 3.63) is 59.4 Å². The van der Waals surface area contributed by atoms with Crippen molar-refractivity contribution in [1.29, 1.82) is 0 Å². The lowest BCUT2D eigenvalue weighted by Gasteiger charge is -2.20. The van der Waals surface area contributed by atoms with Crippen LogP contribution in [0.25, 0.3) is 0 Å². The fourth-order valence-corrected chi connectivity index (χ4v) is 3.87. The number of hydrogen-bond acceptors (Lipinski definition) is 7. The minimum atomic E-state index is -0.269. The molecule has 3 heterocycles. The van der Waals surface area contributed by atoms with Crippen LogP contribution < -0.4 is 20.4 Å². The van der Waals surface area contributed by atoms with Crippen LogP contribution in [0.2, 0.25) is 0 Å². The summed E-state index contributed by atoms with van der Waals surface area (Å²) in [5.74, 6) is 0.680. The topological polar surface area (TPSA) is 90.5 Å².